The molecule has 0 bridgehead atoms. The average Bonchev–Trinajstić information content (AvgIpc) is 2.78. The number of rotatable bonds is 7. The summed E-state index contributed by atoms with van der Waals surface area (Å²) in [5.74, 6) is 0.887. The number of hydrogen-bond donors (Lipinski definition) is 2. The molecule has 0 amide bonds. The summed E-state index contributed by atoms with van der Waals surface area (Å²) in [6.07, 6.45) is 4.65. The van der Waals surface area contributed by atoms with Crippen molar-refractivity contribution in [3.05, 3.63) is 16.1 Å². The summed E-state index contributed by atoms with van der Waals surface area (Å²) in [4.78, 5) is 8.64. The van der Waals surface area contributed by atoms with Gasteiger partial charge in [-0.3, -0.25) is 4.99 Å². The molecule has 110 valence electrons. The zero-order valence-electron chi connectivity index (χ0n) is 12.0. The van der Waals surface area contributed by atoms with Gasteiger partial charge in [0.05, 0.1) is 10.7 Å². The first-order valence-corrected chi connectivity index (χ1v) is 7.49. The Balaban J connectivity index is 0.00000324. The summed E-state index contributed by atoms with van der Waals surface area (Å²) < 4.78 is 0. The Kier molecular flexibility index (Phi) is 11.2. The number of thiazole rings is 1. The monoisotopic (exact) mass is 396 g/mol. The number of unbranched alkanes of at least 4 members (excludes halogenated alkanes) is 2. The smallest absolute Gasteiger partial charge is 0.190 e. The minimum Gasteiger partial charge on any atom is -0.356 e. The molecule has 0 aliphatic rings. The third-order valence-electron chi connectivity index (χ3n) is 2.64. The molecule has 2 N–H and O–H groups in total. The first kappa shape index (κ1) is 18.6. The largest absolute Gasteiger partial charge is 0.356 e. The van der Waals surface area contributed by atoms with Crippen LogP contribution in [0.2, 0.25) is 0 Å². The Bertz CT molecular complexity index is 365. The lowest BCUT2D eigenvalue weighted by molar-refractivity contribution is 0.682. The summed E-state index contributed by atoms with van der Waals surface area (Å²) in [6, 6.07) is 0. The van der Waals surface area contributed by atoms with Crippen molar-refractivity contribution in [2.75, 3.05) is 20.1 Å². The topological polar surface area (TPSA) is 49.3 Å². The van der Waals surface area contributed by atoms with Gasteiger partial charge in [0, 0.05) is 31.9 Å². The van der Waals surface area contributed by atoms with Crippen molar-refractivity contribution < 1.29 is 0 Å². The van der Waals surface area contributed by atoms with E-state index in [-0.39, 0.29) is 24.0 Å². The van der Waals surface area contributed by atoms with Crippen molar-refractivity contribution in [3.8, 4) is 0 Å². The van der Waals surface area contributed by atoms with Crippen LogP contribution in [0.4, 0.5) is 0 Å². The van der Waals surface area contributed by atoms with Crippen molar-refractivity contribution in [2.45, 2.75) is 39.5 Å². The molecule has 0 radical (unpaired) electrons. The van der Waals surface area contributed by atoms with Crippen LogP contribution in [-0.2, 0) is 6.42 Å². The summed E-state index contributed by atoms with van der Waals surface area (Å²) in [7, 11) is 1.81. The van der Waals surface area contributed by atoms with Crippen molar-refractivity contribution in [1.82, 2.24) is 15.6 Å². The van der Waals surface area contributed by atoms with Crippen LogP contribution in [0.15, 0.2) is 10.4 Å². The van der Waals surface area contributed by atoms with E-state index < -0.39 is 0 Å². The number of hydrogen-bond acceptors (Lipinski definition) is 3. The van der Waals surface area contributed by atoms with E-state index in [0.717, 1.165) is 36.2 Å². The molecule has 0 aliphatic heterocycles. The van der Waals surface area contributed by atoms with Crippen molar-refractivity contribution in [3.63, 3.8) is 0 Å². The summed E-state index contributed by atoms with van der Waals surface area (Å²) in [6.45, 7) is 6.11. The van der Waals surface area contributed by atoms with Gasteiger partial charge in [0.1, 0.15) is 0 Å². The Morgan fingerprint density at radius 2 is 2.05 bits per heavy atom. The molecule has 0 fully saturated rings. The van der Waals surface area contributed by atoms with Gasteiger partial charge < -0.3 is 10.6 Å². The third kappa shape index (κ3) is 8.41. The number of aryl methyl sites for hydroxylation is 1. The van der Waals surface area contributed by atoms with E-state index in [2.05, 4.69) is 32.9 Å². The van der Waals surface area contributed by atoms with Crippen LogP contribution in [0.3, 0.4) is 0 Å². The highest BCUT2D eigenvalue weighted by Gasteiger charge is 2.00. The van der Waals surface area contributed by atoms with Crippen molar-refractivity contribution >= 4 is 41.3 Å². The van der Waals surface area contributed by atoms with E-state index in [1.54, 1.807) is 11.3 Å². The molecular formula is C13H25IN4S. The fraction of sp³-hybridized carbons (Fsp3) is 0.692. The zero-order chi connectivity index (χ0) is 13.2. The first-order valence-electron chi connectivity index (χ1n) is 6.61. The maximum Gasteiger partial charge on any atom is 0.190 e. The van der Waals surface area contributed by atoms with Gasteiger partial charge in [-0.2, -0.15) is 0 Å². The van der Waals surface area contributed by atoms with Gasteiger partial charge in [-0.25, -0.2) is 4.98 Å². The quantitative estimate of drug-likeness (QED) is 0.323. The normalized spacial score (nSPS) is 11.0. The molecule has 1 aromatic heterocycles. The lowest BCUT2D eigenvalue weighted by Crippen LogP contribution is -2.38. The standard InChI is InChI=1S/C13H24N4S.HI/c1-4-5-6-8-15-13(14-3)16-9-7-12-10-18-11(2)17-12;/h10H,4-9H2,1-3H3,(H2,14,15,16);1H. The molecular weight excluding hydrogens is 371 g/mol. The summed E-state index contributed by atoms with van der Waals surface area (Å²) >= 11 is 1.70. The molecule has 1 rings (SSSR count). The molecule has 1 aromatic rings. The highest BCUT2D eigenvalue weighted by Crippen LogP contribution is 2.07. The molecule has 0 aliphatic carbocycles. The molecule has 0 unspecified atom stereocenters. The van der Waals surface area contributed by atoms with Crippen LogP contribution in [0.5, 0.6) is 0 Å². The molecule has 0 spiro atoms. The summed E-state index contributed by atoms with van der Waals surface area (Å²) in [5, 5.41) is 9.88. The second kappa shape index (κ2) is 11.5. The Labute approximate surface area is 137 Å². The van der Waals surface area contributed by atoms with Crippen LogP contribution in [0.25, 0.3) is 0 Å². The minimum absolute atomic E-state index is 0. The van der Waals surface area contributed by atoms with Crippen LogP contribution in [-0.4, -0.2) is 31.1 Å². The van der Waals surface area contributed by atoms with Crippen molar-refractivity contribution in [2.24, 2.45) is 4.99 Å². The highest BCUT2D eigenvalue weighted by molar-refractivity contribution is 14.0. The van der Waals surface area contributed by atoms with E-state index >= 15 is 0 Å². The molecule has 0 atom stereocenters. The van der Waals surface area contributed by atoms with Gasteiger partial charge in [-0.15, -0.1) is 35.3 Å². The van der Waals surface area contributed by atoms with Gasteiger partial charge >= 0.3 is 0 Å². The molecule has 0 saturated heterocycles. The number of nitrogens with zero attached hydrogens (tertiary/aromatic N) is 2. The van der Waals surface area contributed by atoms with Crippen LogP contribution >= 0.6 is 35.3 Å². The lowest BCUT2D eigenvalue weighted by atomic mass is 10.2. The number of aromatic nitrogens is 1. The van der Waals surface area contributed by atoms with E-state index in [0.29, 0.717) is 0 Å². The number of halogens is 1. The molecule has 0 aromatic carbocycles. The SMILES string of the molecule is CCCCCNC(=NC)NCCc1csc(C)n1.I. The molecule has 19 heavy (non-hydrogen) atoms. The summed E-state index contributed by atoms with van der Waals surface area (Å²) in [5.41, 5.74) is 1.16. The Morgan fingerprint density at radius 1 is 1.32 bits per heavy atom. The van der Waals surface area contributed by atoms with Crippen LogP contribution < -0.4 is 10.6 Å². The van der Waals surface area contributed by atoms with Crippen molar-refractivity contribution in [1.29, 1.82) is 0 Å². The number of nitrogens with one attached hydrogen (secondary N) is 2. The fourth-order valence-corrected chi connectivity index (χ4v) is 2.28. The molecule has 1 heterocycles. The van der Waals surface area contributed by atoms with E-state index in [1.165, 1.54) is 19.3 Å². The second-order valence-corrected chi connectivity index (χ2v) is 5.30. The van der Waals surface area contributed by atoms with Crippen LogP contribution in [0.1, 0.15) is 36.9 Å². The number of guanidine groups is 1. The van der Waals surface area contributed by atoms with E-state index in [1.807, 2.05) is 14.0 Å². The van der Waals surface area contributed by atoms with Gasteiger partial charge in [-0.05, 0) is 13.3 Å². The van der Waals surface area contributed by atoms with Gasteiger partial charge in [-0.1, -0.05) is 19.8 Å². The first-order chi connectivity index (χ1) is 8.76. The molecule has 6 heteroatoms. The predicted molar refractivity (Wildman–Crippen MR) is 94.9 cm³/mol. The van der Waals surface area contributed by atoms with Gasteiger partial charge in [0.2, 0.25) is 0 Å². The number of aliphatic imine (C=N–C) groups is 1. The average molecular weight is 396 g/mol. The highest BCUT2D eigenvalue weighted by atomic mass is 127. The second-order valence-electron chi connectivity index (χ2n) is 4.24. The predicted octanol–water partition coefficient (Wildman–Crippen LogP) is 2.97. The Hall–Kier alpha value is -0.370. The van der Waals surface area contributed by atoms with E-state index in [4.69, 9.17) is 0 Å². The zero-order valence-corrected chi connectivity index (χ0v) is 15.2. The van der Waals surface area contributed by atoms with E-state index in [9.17, 15) is 0 Å². The van der Waals surface area contributed by atoms with Gasteiger partial charge in [0.15, 0.2) is 5.96 Å². The molecule has 0 saturated carbocycles. The minimum atomic E-state index is 0. The van der Waals surface area contributed by atoms with Crippen LogP contribution in [0, 0.1) is 6.92 Å². The Morgan fingerprint density at radius 3 is 2.63 bits per heavy atom. The maximum absolute atomic E-state index is 4.44. The van der Waals surface area contributed by atoms with Gasteiger partial charge in [0.25, 0.3) is 0 Å². The fourth-order valence-electron chi connectivity index (χ4n) is 1.63. The third-order valence-corrected chi connectivity index (χ3v) is 3.46. The maximum atomic E-state index is 4.44. The molecule has 4 nitrogen and oxygen atoms in total. The lowest BCUT2D eigenvalue weighted by Gasteiger charge is -2.10.